The Balaban J connectivity index is 2.12. The molecular formula is C13H17BO2. The first kappa shape index (κ1) is 11.4. The van der Waals surface area contributed by atoms with E-state index in [-0.39, 0.29) is 0 Å². The minimum atomic E-state index is 0.359. The molecule has 1 aliphatic carbocycles. The molecule has 2 nitrogen and oxygen atoms in total. The molecule has 16 heavy (non-hydrogen) atoms. The molecule has 0 unspecified atom stereocenters. The lowest BCUT2D eigenvalue weighted by molar-refractivity contribution is 0.200. The molecule has 0 bridgehead atoms. The van der Waals surface area contributed by atoms with Crippen LogP contribution in [0.15, 0.2) is 18.2 Å². The highest BCUT2D eigenvalue weighted by atomic mass is 16.5. The van der Waals surface area contributed by atoms with Crippen molar-refractivity contribution < 1.29 is 9.47 Å². The first-order valence-corrected chi connectivity index (χ1v) is 5.87. The Morgan fingerprint density at radius 1 is 1.25 bits per heavy atom. The van der Waals surface area contributed by atoms with Crippen LogP contribution in [0.1, 0.15) is 31.2 Å². The Morgan fingerprint density at radius 3 is 2.62 bits per heavy atom. The van der Waals surface area contributed by atoms with Crippen molar-refractivity contribution in [2.24, 2.45) is 0 Å². The molecule has 3 heteroatoms. The Labute approximate surface area is 98.4 Å². The van der Waals surface area contributed by atoms with E-state index in [1.165, 1.54) is 12.8 Å². The molecule has 1 aromatic carbocycles. The molecule has 0 amide bonds. The highest BCUT2D eigenvalue weighted by Crippen LogP contribution is 2.32. The third kappa shape index (κ3) is 2.52. The van der Waals surface area contributed by atoms with Crippen molar-refractivity contribution in [3.63, 3.8) is 0 Å². The lowest BCUT2D eigenvalue weighted by Gasteiger charge is -2.16. The average molecular weight is 216 g/mol. The van der Waals surface area contributed by atoms with Crippen LogP contribution in [0, 0.1) is 0 Å². The topological polar surface area (TPSA) is 18.5 Å². The highest BCUT2D eigenvalue weighted by Gasteiger charge is 2.18. The maximum Gasteiger partial charge on any atom is 0.161 e. The van der Waals surface area contributed by atoms with Crippen molar-refractivity contribution in [1.29, 1.82) is 0 Å². The summed E-state index contributed by atoms with van der Waals surface area (Å²) >= 11 is 0. The molecule has 1 saturated carbocycles. The van der Waals surface area contributed by atoms with Crippen LogP contribution in [0.5, 0.6) is 11.5 Å². The Bertz CT molecular complexity index is 346. The largest absolute Gasteiger partial charge is 0.493 e. The van der Waals surface area contributed by atoms with Gasteiger partial charge in [-0.3, -0.25) is 0 Å². The summed E-state index contributed by atoms with van der Waals surface area (Å²) in [5, 5.41) is 0. The standard InChI is InChI=1S/C13H17BO2/c1-15-13-8-10(9-14)6-7-12(13)16-11-4-2-3-5-11/h6-8,11H,2-5,9H2,1H3. The van der Waals surface area contributed by atoms with Crippen LogP contribution < -0.4 is 9.47 Å². The lowest BCUT2D eigenvalue weighted by Crippen LogP contribution is -2.11. The molecule has 0 saturated heterocycles. The van der Waals surface area contributed by atoms with Crippen LogP contribution in [0.4, 0.5) is 0 Å². The molecule has 1 aromatic rings. The second-order valence-electron chi connectivity index (χ2n) is 4.21. The van der Waals surface area contributed by atoms with E-state index in [1.54, 1.807) is 7.11 Å². The third-order valence-corrected chi connectivity index (χ3v) is 3.06. The molecule has 2 rings (SSSR count). The molecule has 0 aromatic heterocycles. The van der Waals surface area contributed by atoms with E-state index < -0.39 is 0 Å². The Morgan fingerprint density at radius 2 is 2.00 bits per heavy atom. The van der Waals surface area contributed by atoms with Crippen molar-refractivity contribution in [2.45, 2.75) is 38.1 Å². The molecule has 0 aliphatic heterocycles. The summed E-state index contributed by atoms with van der Waals surface area (Å²) in [6, 6.07) is 5.90. The van der Waals surface area contributed by atoms with Gasteiger partial charge in [0.25, 0.3) is 0 Å². The fraction of sp³-hybridized carbons (Fsp3) is 0.538. The van der Waals surface area contributed by atoms with Gasteiger partial charge in [0.05, 0.1) is 21.1 Å². The zero-order valence-electron chi connectivity index (χ0n) is 9.74. The van der Waals surface area contributed by atoms with Crippen LogP contribution in [-0.2, 0) is 6.32 Å². The minimum Gasteiger partial charge on any atom is -0.493 e. The molecule has 0 spiro atoms. The van der Waals surface area contributed by atoms with Crippen LogP contribution in [0.25, 0.3) is 0 Å². The van der Waals surface area contributed by atoms with Crippen LogP contribution >= 0.6 is 0 Å². The zero-order chi connectivity index (χ0) is 11.4. The molecule has 84 valence electrons. The van der Waals surface area contributed by atoms with Crippen molar-refractivity contribution in [3.8, 4) is 11.5 Å². The monoisotopic (exact) mass is 216 g/mol. The van der Waals surface area contributed by atoms with Gasteiger partial charge in [-0.2, -0.15) is 0 Å². The number of hydrogen-bond acceptors (Lipinski definition) is 2. The van der Waals surface area contributed by atoms with Crippen molar-refractivity contribution in [2.75, 3.05) is 7.11 Å². The van der Waals surface area contributed by atoms with Crippen LogP contribution in [0.2, 0.25) is 0 Å². The van der Waals surface area contributed by atoms with Gasteiger partial charge < -0.3 is 9.47 Å². The van der Waals surface area contributed by atoms with E-state index in [9.17, 15) is 0 Å². The van der Waals surface area contributed by atoms with Gasteiger partial charge in [-0.05, 0) is 37.8 Å². The summed E-state index contributed by atoms with van der Waals surface area (Å²) in [7, 11) is 7.25. The summed E-state index contributed by atoms with van der Waals surface area (Å²) in [6.45, 7) is 0. The lowest BCUT2D eigenvalue weighted by atomic mass is 9.97. The smallest absolute Gasteiger partial charge is 0.161 e. The highest BCUT2D eigenvalue weighted by molar-refractivity contribution is 6.08. The number of rotatable bonds is 4. The third-order valence-electron chi connectivity index (χ3n) is 3.06. The Kier molecular flexibility index (Phi) is 3.76. The van der Waals surface area contributed by atoms with Gasteiger partial charge >= 0.3 is 0 Å². The fourth-order valence-corrected chi connectivity index (χ4v) is 2.12. The molecule has 1 aliphatic rings. The van der Waals surface area contributed by atoms with E-state index in [0.717, 1.165) is 29.9 Å². The number of ether oxygens (including phenoxy) is 2. The van der Waals surface area contributed by atoms with Crippen molar-refractivity contribution in [3.05, 3.63) is 23.8 Å². The maximum atomic E-state index is 5.93. The fourth-order valence-electron chi connectivity index (χ4n) is 2.12. The average Bonchev–Trinajstić information content (AvgIpc) is 2.82. The quantitative estimate of drug-likeness (QED) is 0.720. The number of hydrogen-bond donors (Lipinski definition) is 0. The summed E-state index contributed by atoms with van der Waals surface area (Å²) in [5.41, 5.74) is 1.07. The first-order valence-electron chi connectivity index (χ1n) is 5.87. The predicted octanol–water partition coefficient (Wildman–Crippen LogP) is 2.69. The van der Waals surface area contributed by atoms with Gasteiger partial charge in [-0.1, -0.05) is 17.9 Å². The molecule has 0 atom stereocenters. The molecule has 2 radical (unpaired) electrons. The van der Waals surface area contributed by atoms with Gasteiger partial charge in [0.2, 0.25) is 0 Å². The molecule has 0 heterocycles. The summed E-state index contributed by atoms with van der Waals surface area (Å²) < 4.78 is 11.2. The Hall–Kier alpha value is -1.12. The second kappa shape index (κ2) is 5.28. The van der Waals surface area contributed by atoms with Gasteiger partial charge in [0, 0.05) is 0 Å². The number of benzene rings is 1. The van der Waals surface area contributed by atoms with Gasteiger partial charge in [0.15, 0.2) is 11.5 Å². The summed E-state index contributed by atoms with van der Waals surface area (Å²) in [5.74, 6) is 1.63. The van der Waals surface area contributed by atoms with Crippen LogP contribution in [0.3, 0.4) is 0 Å². The zero-order valence-corrected chi connectivity index (χ0v) is 9.74. The second-order valence-corrected chi connectivity index (χ2v) is 4.21. The summed E-state index contributed by atoms with van der Waals surface area (Å²) in [4.78, 5) is 0. The summed E-state index contributed by atoms with van der Waals surface area (Å²) in [6.07, 6.45) is 5.74. The number of methoxy groups -OCH3 is 1. The maximum absolute atomic E-state index is 5.93. The van der Waals surface area contributed by atoms with E-state index in [1.807, 2.05) is 18.2 Å². The van der Waals surface area contributed by atoms with E-state index in [0.29, 0.717) is 12.4 Å². The van der Waals surface area contributed by atoms with Crippen molar-refractivity contribution >= 4 is 7.85 Å². The van der Waals surface area contributed by atoms with Gasteiger partial charge in [-0.25, -0.2) is 0 Å². The normalized spacial score (nSPS) is 16.3. The van der Waals surface area contributed by atoms with Crippen LogP contribution in [-0.4, -0.2) is 21.1 Å². The molecule has 0 N–H and O–H groups in total. The predicted molar refractivity (Wildman–Crippen MR) is 65.3 cm³/mol. The van der Waals surface area contributed by atoms with Gasteiger partial charge in [0.1, 0.15) is 0 Å². The molecular weight excluding hydrogens is 199 g/mol. The first-order chi connectivity index (χ1) is 7.83. The van der Waals surface area contributed by atoms with Crippen molar-refractivity contribution in [1.82, 2.24) is 0 Å². The molecule has 1 fully saturated rings. The minimum absolute atomic E-state index is 0.359. The SMILES string of the molecule is [B]Cc1ccc(OC2CCCC2)c(OC)c1. The van der Waals surface area contributed by atoms with E-state index in [2.05, 4.69) is 0 Å². The van der Waals surface area contributed by atoms with Gasteiger partial charge in [-0.15, -0.1) is 0 Å². The van der Waals surface area contributed by atoms with E-state index in [4.69, 9.17) is 17.3 Å². The van der Waals surface area contributed by atoms with E-state index >= 15 is 0 Å².